The zero-order valence-corrected chi connectivity index (χ0v) is 10.8. The quantitative estimate of drug-likeness (QED) is 0.840. The molecule has 0 aliphatic carbocycles. The number of alkyl halides is 1. The average Bonchev–Trinajstić information content (AvgIpc) is 2.31. The topological polar surface area (TPSA) is 15.3 Å². The van der Waals surface area contributed by atoms with Gasteiger partial charge in [-0.2, -0.15) is 0 Å². The van der Waals surface area contributed by atoms with Crippen molar-refractivity contribution in [1.82, 2.24) is 10.2 Å². The summed E-state index contributed by atoms with van der Waals surface area (Å²) in [7, 11) is 0. The molecule has 1 unspecified atom stereocenters. The number of halogens is 2. The van der Waals surface area contributed by atoms with Gasteiger partial charge in [-0.1, -0.05) is 30.3 Å². The first-order valence-corrected chi connectivity index (χ1v) is 5.92. The van der Waals surface area contributed by atoms with Crippen LogP contribution in [-0.4, -0.2) is 37.6 Å². The lowest BCUT2D eigenvalue weighted by Gasteiger charge is -2.28. The number of hydrogen-bond donors (Lipinski definition) is 1. The van der Waals surface area contributed by atoms with Gasteiger partial charge in [-0.05, 0) is 5.56 Å². The Morgan fingerprint density at radius 1 is 1.19 bits per heavy atom. The number of rotatable bonds is 3. The Hall–Kier alpha value is -0.280. The molecule has 90 valence electrons. The highest BCUT2D eigenvalue weighted by molar-refractivity contribution is 6.21. The van der Waals surface area contributed by atoms with Crippen LogP contribution >= 0.6 is 24.0 Å². The van der Waals surface area contributed by atoms with Crippen LogP contribution < -0.4 is 5.32 Å². The Morgan fingerprint density at radius 3 is 2.44 bits per heavy atom. The lowest BCUT2D eigenvalue weighted by Crippen LogP contribution is -2.44. The maximum Gasteiger partial charge on any atom is 0.0712 e. The molecular weight excluding hydrogens is 243 g/mol. The van der Waals surface area contributed by atoms with Crippen LogP contribution in [0.5, 0.6) is 0 Å². The van der Waals surface area contributed by atoms with Gasteiger partial charge < -0.3 is 5.32 Å². The van der Waals surface area contributed by atoms with Gasteiger partial charge >= 0.3 is 0 Å². The molecular formula is C12H18Cl2N2. The summed E-state index contributed by atoms with van der Waals surface area (Å²) in [5.41, 5.74) is 1.22. The summed E-state index contributed by atoms with van der Waals surface area (Å²) in [6.07, 6.45) is 0. The SMILES string of the molecule is Cl.ClC(CN1CCNCC1)c1ccccc1. The maximum absolute atomic E-state index is 6.38. The predicted octanol–water partition coefficient (Wildman–Crippen LogP) is 2.29. The van der Waals surface area contributed by atoms with Crippen LogP contribution in [0.15, 0.2) is 30.3 Å². The molecule has 2 nitrogen and oxygen atoms in total. The number of piperazine rings is 1. The smallest absolute Gasteiger partial charge is 0.0712 e. The van der Waals surface area contributed by atoms with Gasteiger partial charge in [0.2, 0.25) is 0 Å². The van der Waals surface area contributed by atoms with Crippen LogP contribution in [-0.2, 0) is 0 Å². The average molecular weight is 261 g/mol. The van der Waals surface area contributed by atoms with E-state index in [2.05, 4.69) is 22.3 Å². The van der Waals surface area contributed by atoms with Crippen molar-refractivity contribution in [1.29, 1.82) is 0 Å². The lowest BCUT2D eigenvalue weighted by atomic mass is 10.1. The predicted molar refractivity (Wildman–Crippen MR) is 71.6 cm³/mol. The van der Waals surface area contributed by atoms with Crippen molar-refractivity contribution in [3.05, 3.63) is 35.9 Å². The summed E-state index contributed by atoms with van der Waals surface area (Å²) < 4.78 is 0. The molecule has 0 radical (unpaired) electrons. The summed E-state index contributed by atoms with van der Waals surface area (Å²) in [6, 6.07) is 10.3. The van der Waals surface area contributed by atoms with E-state index >= 15 is 0 Å². The summed E-state index contributed by atoms with van der Waals surface area (Å²) in [5.74, 6) is 0. The Morgan fingerprint density at radius 2 is 1.81 bits per heavy atom. The molecule has 0 aromatic heterocycles. The second-order valence-electron chi connectivity index (χ2n) is 3.93. The molecule has 1 aromatic carbocycles. The molecule has 0 amide bonds. The second kappa shape index (κ2) is 7.13. The molecule has 1 aliphatic heterocycles. The third kappa shape index (κ3) is 3.95. The van der Waals surface area contributed by atoms with E-state index in [0.717, 1.165) is 32.7 Å². The van der Waals surface area contributed by atoms with Crippen LogP contribution in [0.2, 0.25) is 0 Å². The van der Waals surface area contributed by atoms with E-state index in [1.807, 2.05) is 18.2 Å². The Labute approximate surface area is 108 Å². The molecule has 4 heteroatoms. The largest absolute Gasteiger partial charge is 0.314 e. The van der Waals surface area contributed by atoms with Gasteiger partial charge in [-0.3, -0.25) is 4.90 Å². The van der Waals surface area contributed by atoms with E-state index < -0.39 is 0 Å². The zero-order valence-electron chi connectivity index (χ0n) is 9.23. The van der Waals surface area contributed by atoms with Crippen molar-refractivity contribution in [2.75, 3.05) is 32.7 Å². The highest BCUT2D eigenvalue weighted by Crippen LogP contribution is 2.21. The number of hydrogen-bond acceptors (Lipinski definition) is 2. The van der Waals surface area contributed by atoms with E-state index in [4.69, 9.17) is 11.6 Å². The minimum Gasteiger partial charge on any atom is -0.314 e. The van der Waals surface area contributed by atoms with Gasteiger partial charge in [0.15, 0.2) is 0 Å². The highest BCUT2D eigenvalue weighted by Gasteiger charge is 2.15. The van der Waals surface area contributed by atoms with Gasteiger partial charge in [0.25, 0.3) is 0 Å². The zero-order chi connectivity index (χ0) is 10.5. The fourth-order valence-electron chi connectivity index (χ4n) is 1.89. The molecule has 1 saturated heterocycles. The molecule has 1 aromatic rings. The maximum atomic E-state index is 6.38. The molecule has 0 spiro atoms. The van der Waals surface area contributed by atoms with E-state index in [1.54, 1.807) is 0 Å². The van der Waals surface area contributed by atoms with E-state index in [-0.39, 0.29) is 17.8 Å². The minimum absolute atomic E-state index is 0. The minimum atomic E-state index is 0. The number of nitrogens with one attached hydrogen (secondary N) is 1. The first-order chi connectivity index (χ1) is 7.36. The Bertz CT molecular complexity index is 286. The summed E-state index contributed by atoms with van der Waals surface area (Å²) in [4.78, 5) is 2.42. The van der Waals surface area contributed by atoms with E-state index in [0.29, 0.717) is 0 Å². The number of benzene rings is 1. The normalized spacial score (nSPS) is 18.8. The van der Waals surface area contributed by atoms with Crippen molar-refractivity contribution < 1.29 is 0 Å². The van der Waals surface area contributed by atoms with Crippen LogP contribution in [0, 0.1) is 0 Å². The molecule has 16 heavy (non-hydrogen) atoms. The van der Waals surface area contributed by atoms with Crippen molar-refractivity contribution in [3.63, 3.8) is 0 Å². The van der Waals surface area contributed by atoms with Gasteiger partial charge in [0.05, 0.1) is 5.38 Å². The van der Waals surface area contributed by atoms with Gasteiger partial charge in [-0.15, -0.1) is 24.0 Å². The van der Waals surface area contributed by atoms with Crippen LogP contribution in [0.25, 0.3) is 0 Å². The monoisotopic (exact) mass is 260 g/mol. The first-order valence-electron chi connectivity index (χ1n) is 5.48. The third-order valence-electron chi connectivity index (χ3n) is 2.79. The standard InChI is InChI=1S/C12H17ClN2.ClH/c13-12(11-4-2-1-3-5-11)10-15-8-6-14-7-9-15;/h1-5,12,14H,6-10H2;1H. The van der Waals surface area contributed by atoms with E-state index in [1.165, 1.54) is 5.56 Å². The van der Waals surface area contributed by atoms with Crippen molar-refractivity contribution in [2.24, 2.45) is 0 Å². The van der Waals surface area contributed by atoms with Crippen molar-refractivity contribution in [3.8, 4) is 0 Å². The molecule has 1 heterocycles. The summed E-state index contributed by atoms with van der Waals surface area (Å²) >= 11 is 6.38. The highest BCUT2D eigenvalue weighted by atomic mass is 35.5. The van der Waals surface area contributed by atoms with Crippen LogP contribution in [0.1, 0.15) is 10.9 Å². The van der Waals surface area contributed by atoms with Gasteiger partial charge in [-0.25, -0.2) is 0 Å². The molecule has 1 N–H and O–H groups in total. The molecule has 2 rings (SSSR count). The molecule has 0 saturated carbocycles. The second-order valence-corrected chi connectivity index (χ2v) is 4.46. The molecule has 1 fully saturated rings. The number of nitrogens with zero attached hydrogens (tertiary/aromatic N) is 1. The molecule has 0 bridgehead atoms. The first kappa shape index (κ1) is 13.8. The van der Waals surface area contributed by atoms with Crippen molar-refractivity contribution in [2.45, 2.75) is 5.38 Å². The van der Waals surface area contributed by atoms with E-state index in [9.17, 15) is 0 Å². The Kier molecular flexibility index (Phi) is 6.14. The summed E-state index contributed by atoms with van der Waals surface area (Å²) in [6.45, 7) is 5.33. The fourth-order valence-corrected chi connectivity index (χ4v) is 2.23. The van der Waals surface area contributed by atoms with Crippen molar-refractivity contribution >= 4 is 24.0 Å². The molecule has 1 aliphatic rings. The van der Waals surface area contributed by atoms with Crippen LogP contribution in [0.4, 0.5) is 0 Å². The molecule has 1 atom stereocenters. The van der Waals surface area contributed by atoms with Gasteiger partial charge in [0, 0.05) is 32.7 Å². The third-order valence-corrected chi connectivity index (χ3v) is 3.18. The Balaban J connectivity index is 0.00000128. The van der Waals surface area contributed by atoms with Crippen LogP contribution in [0.3, 0.4) is 0 Å². The summed E-state index contributed by atoms with van der Waals surface area (Å²) in [5, 5.41) is 3.46. The van der Waals surface area contributed by atoms with Gasteiger partial charge in [0.1, 0.15) is 0 Å². The lowest BCUT2D eigenvalue weighted by molar-refractivity contribution is 0.241. The fraction of sp³-hybridized carbons (Fsp3) is 0.500.